The summed E-state index contributed by atoms with van der Waals surface area (Å²) in [6.07, 6.45) is 1.45. The number of carboxylic acids is 1. The van der Waals surface area contributed by atoms with Gasteiger partial charge in [-0.25, -0.2) is 0 Å². The molecule has 1 N–H and O–H groups in total. The summed E-state index contributed by atoms with van der Waals surface area (Å²) in [5.74, 6) is 1.53. The van der Waals surface area contributed by atoms with E-state index in [1.165, 1.54) is 0 Å². The topological polar surface area (TPSA) is 59.0 Å². The van der Waals surface area contributed by atoms with Gasteiger partial charge in [0.15, 0.2) is 0 Å². The minimum atomic E-state index is -0.672. The predicted octanol–water partition coefficient (Wildman–Crippen LogP) is 4.08. The zero-order valence-electron chi connectivity index (χ0n) is 14.5. The van der Waals surface area contributed by atoms with Crippen molar-refractivity contribution in [3.05, 3.63) is 54.6 Å². The first-order chi connectivity index (χ1) is 12.2. The minimum Gasteiger partial charge on any atom is -0.492 e. The Hall–Kier alpha value is -2.24. The monoisotopic (exact) mass is 377 g/mol. The molecule has 26 heavy (non-hydrogen) atoms. The van der Waals surface area contributed by atoms with Gasteiger partial charge in [-0.15, -0.1) is 12.4 Å². The second-order valence-electron chi connectivity index (χ2n) is 6.19. The maximum Gasteiger partial charge on any atom is 0.306 e. The molecular weight excluding hydrogens is 354 g/mol. The highest BCUT2D eigenvalue weighted by Gasteiger charge is 2.24. The van der Waals surface area contributed by atoms with Gasteiger partial charge in [-0.05, 0) is 62.3 Å². The molecule has 2 aromatic rings. The molecule has 6 heteroatoms. The number of hydrogen-bond donors (Lipinski definition) is 1. The summed E-state index contributed by atoms with van der Waals surface area (Å²) < 4.78 is 11.5. The lowest BCUT2D eigenvalue weighted by molar-refractivity contribution is -0.143. The van der Waals surface area contributed by atoms with E-state index >= 15 is 0 Å². The van der Waals surface area contributed by atoms with Gasteiger partial charge in [-0.3, -0.25) is 9.69 Å². The van der Waals surface area contributed by atoms with Crippen molar-refractivity contribution in [3.63, 3.8) is 0 Å². The van der Waals surface area contributed by atoms with Crippen molar-refractivity contribution in [2.24, 2.45) is 5.92 Å². The second-order valence-corrected chi connectivity index (χ2v) is 6.19. The van der Waals surface area contributed by atoms with Crippen LogP contribution < -0.4 is 9.47 Å². The maximum absolute atomic E-state index is 10.9. The van der Waals surface area contributed by atoms with Crippen molar-refractivity contribution >= 4 is 18.4 Å². The van der Waals surface area contributed by atoms with Crippen LogP contribution in [-0.2, 0) is 4.79 Å². The van der Waals surface area contributed by atoms with Crippen LogP contribution in [-0.4, -0.2) is 42.2 Å². The number of likely N-dealkylation sites (tertiary alicyclic amines) is 1. The summed E-state index contributed by atoms with van der Waals surface area (Å²) in [6.45, 7) is 3.06. The van der Waals surface area contributed by atoms with E-state index in [1.807, 2.05) is 54.6 Å². The lowest BCUT2D eigenvalue weighted by Crippen LogP contribution is -2.38. The molecule has 0 aromatic heterocycles. The van der Waals surface area contributed by atoms with Crippen molar-refractivity contribution in [3.8, 4) is 17.2 Å². The van der Waals surface area contributed by atoms with Gasteiger partial charge in [0.2, 0.25) is 0 Å². The number of carbonyl (C=O) groups is 1. The number of para-hydroxylation sites is 1. The first-order valence-electron chi connectivity index (χ1n) is 8.61. The van der Waals surface area contributed by atoms with Crippen LogP contribution in [0.15, 0.2) is 54.6 Å². The molecular formula is C20H24ClNO4. The molecule has 0 spiro atoms. The number of nitrogens with zero attached hydrogens (tertiary/aromatic N) is 1. The average Bonchev–Trinajstić information content (AvgIpc) is 2.64. The molecule has 1 fully saturated rings. The Morgan fingerprint density at radius 2 is 1.54 bits per heavy atom. The Labute approximate surface area is 159 Å². The van der Waals surface area contributed by atoms with Crippen LogP contribution in [0.5, 0.6) is 17.2 Å². The minimum absolute atomic E-state index is 0. The Balaban J connectivity index is 0.00000243. The summed E-state index contributed by atoms with van der Waals surface area (Å²) in [5, 5.41) is 9.01. The second kappa shape index (κ2) is 10.0. The van der Waals surface area contributed by atoms with E-state index in [0.29, 0.717) is 6.61 Å². The van der Waals surface area contributed by atoms with Crippen molar-refractivity contribution in [2.75, 3.05) is 26.2 Å². The van der Waals surface area contributed by atoms with Gasteiger partial charge in [-0.1, -0.05) is 18.2 Å². The number of benzene rings is 2. The van der Waals surface area contributed by atoms with Crippen molar-refractivity contribution in [1.29, 1.82) is 0 Å². The predicted molar refractivity (Wildman–Crippen MR) is 103 cm³/mol. The van der Waals surface area contributed by atoms with E-state index in [4.69, 9.17) is 14.6 Å². The Morgan fingerprint density at radius 3 is 2.15 bits per heavy atom. The Morgan fingerprint density at radius 1 is 0.962 bits per heavy atom. The molecule has 0 amide bonds. The molecule has 1 aliphatic rings. The highest BCUT2D eigenvalue weighted by atomic mass is 35.5. The first kappa shape index (κ1) is 20.1. The fourth-order valence-corrected chi connectivity index (χ4v) is 2.92. The van der Waals surface area contributed by atoms with E-state index in [-0.39, 0.29) is 18.3 Å². The van der Waals surface area contributed by atoms with E-state index in [1.54, 1.807) is 0 Å². The summed E-state index contributed by atoms with van der Waals surface area (Å²) in [7, 11) is 0. The largest absolute Gasteiger partial charge is 0.492 e. The number of ether oxygens (including phenoxy) is 2. The zero-order chi connectivity index (χ0) is 17.5. The van der Waals surface area contributed by atoms with Crippen LogP contribution in [0.2, 0.25) is 0 Å². The zero-order valence-corrected chi connectivity index (χ0v) is 15.4. The van der Waals surface area contributed by atoms with Crippen LogP contribution in [0.1, 0.15) is 12.8 Å². The number of rotatable bonds is 7. The molecule has 0 bridgehead atoms. The van der Waals surface area contributed by atoms with Crippen molar-refractivity contribution in [1.82, 2.24) is 4.90 Å². The lowest BCUT2D eigenvalue weighted by atomic mass is 9.97. The van der Waals surface area contributed by atoms with Gasteiger partial charge in [0, 0.05) is 6.54 Å². The van der Waals surface area contributed by atoms with Crippen LogP contribution in [0.25, 0.3) is 0 Å². The van der Waals surface area contributed by atoms with Crippen molar-refractivity contribution < 1.29 is 19.4 Å². The number of aliphatic carboxylic acids is 1. The van der Waals surface area contributed by atoms with Crippen LogP contribution in [0.3, 0.4) is 0 Å². The number of hydrogen-bond acceptors (Lipinski definition) is 4. The first-order valence-corrected chi connectivity index (χ1v) is 8.61. The molecule has 0 atom stereocenters. The van der Waals surface area contributed by atoms with E-state index in [2.05, 4.69) is 4.90 Å². The van der Waals surface area contributed by atoms with Crippen molar-refractivity contribution in [2.45, 2.75) is 12.8 Å². The SMILES string of the molecule is Cl.O=C(O)C1CCN(CCOc2ccc(Oc3ccccc3)cc2)CC1. The number of piperidine rings is 1. The highest BCUT2D eigenvalue weighted by molar-refractivity contribution is 5.85. The number of carboxylic acid groups (broad SMARTS) is 1. The molecule has 0 unspecified atom stereocenters. The summed E-state index contributed by atoms with van der Waals surface area (Å²) in [4.78, 5) is 13.2. The fourth-order valence-electron chi connectivity index (χ4n) is 2.92. The fraction of sp³-hybridized carbons (Fsp3) is 0.350. The molecule has 5 nitrogen and oxygen atoms in total. The third kappa shape index (κ3) is 5.93. The average molecular weight is 378 g/mol. The Bertz CT molecular complexity index is 670. The molecule has 1 heterocycles. The van der Waals surface area contributed by atoms with E-state index < -0.39 is 5.97 Å². The normalized spacial score (nSPS) is 15.1. The standard InChI is InChI=1S/C20H23NO4.ClH/c22-20(23)16-10-12-21(13-11-16)14-15-24-17-6-8-19(9-7-17)25-18-4-2-1-3-5-18;/h1-9,16H,10-15H2,(H,22,23);1H. The number of halogens is 1. The maximum atomic E-state index is 10.9. The quantitative estimate of drug-likeness (QED) is 0.788. The summed E-state index contributed by atoms with van der Waals surface area (Å²) in [6, 6.07) is 17.2. The molecule has 1 saturated heterocycles. The van der Waals surface area contributed by atoms with Gasteiger partial charge < -0.3 is 14.6 Å². The van der Waals surface area contributed by atoms with E-state index in [9.17, 15) is 4.79 Å². The van der Waals surface area contributed by atoms with Crippen LogP contribution >= 0.6 is 12.4 Å². The van der Waals surface area contributed by atoms with Gasteiger partial charge in [0.25, 0.3) is 0 Å². The van der Waals surface area contributed by atoms with Crippen LogP contribution in [0, 0.1) is 5.92 Å². The summed E-state index contributed by atoms with van der Waals surface area (Å²) in [5.41, 5.74) is 0. The smallest absolute Gasteiger partial charge is 0.306 e. The molecule has 3 rings (SSSR count). The third-order valence-electron chi connectivity index (χ3n) is 4.42. The molecule has 0 radical (unpaired) electrons. The molecule has 0 aliphatic carbocycles. The van der Waals surface area contributed by atoms with Gasteiger partial charge in [0.1, 0.15) is 23.9 Å². The Kier molecular flexibility index (Phi) is 7.75. The molecule has 0 saturated carbocycles. The third-order valence-corrected chi connectivity index (χ3v) is 4.42. The van der Waals surface area contributed by atoms with Gasteiger partial charge in [0.05, 0.1) is 5.92 Å². The lowest BCUT2D eigenvalue weighted by Gasteiger charge is -2.29. The molecule has 140 valence electrons. The summed E-state index contributed by atoms with van der Waals surface area (Å²) >= 11 is 0. The highest BCUT2D eigenvalue weighted by Crippen LogP contribution is 2.23. The molecule has 2 aromatic carbocycles. The van der Waals surface area contributed by atoms with Gasteiger partial charge >= 0.3 is 5.97 Å². The molecule has 1 aliphatic heterocycles. The van der Waals surface area contributed by atoms with Gasteiger partial charge in [-0.2, -0.15) is 0 Å². The van der Waals surface area contributed by atoms with Crippen LogP contribution in [0.4, 0.5) is 0 Å². The van der Waals surface area contributed by atoms with E-state index in [0.717, 1.165) is 49.7 Å².